The number of aliphatic carboxylic acids is 1. The van der Waals surface area contributed by atoms with Crippen molar-refractivity contribution in [2.24, 2.45) is 17.8 Å². The third-order valence-corrected chi connectivity index (χ3v) is 2.10. The third kappa shape index (κ3) is 7.16. The molecule has 0 fully saturated rings. The van der Waals surface area contributed by atoms with Crippen molar-refractivity contribution >= 4 is 63.3 Å². The van der Waals surface area contributed by atoms with E-state index in [1.807, 2.05) is 19.9 Å². The van der Waals surface area contributed by atoms with E-state index in [-0.39, 0.29) is 63.9 Å². The van der Waals surface area contributed by atoms with Crippen molar-refractivity contribution in [1.29, 1.82) is 5.26 Å². The van der Waals surface area contributed by atoms with Crippen molar-refractivity contribution in [2.75, 3.05) is 6.61 Å². The Morgan fingerprint density at radius 2 is 1.94 bits per heavy atom. The normalized spacial score (nSPS) is 13.1. The van der Waals surface area contributed by atoms with E-state index in [0.29, 0.717) is 6.42 Å². The molecule has 0 rings (SSSR count). The topological polar surface area (TPSA) is 87.4 Å². The molecule has 0 aliphatic carbocycles. The van der Waals surface area contributed by atoms with Crippen LogP contribution >= 0.6 is 0 Å². The van der Waals surface area contributed by atoms with E-state index in [1.54, 1.807) is 6.92 Å². The molecule has 0 spiro atoms. The molecule has 92 valence electrons. The number of carbonyl (C=O) groups excluding carboxylic acids is 1. The molecule has 0 aromatic heterocycles. The van der Waals surface area contributed by atoms with Crippen LogP contribution in [0.3, 0.4) is 0 Å². The number of carboxylic acids is 1. The molecular weight excluding hydrogens is 249 g/mol. The Labute approximate surface area is 144 Å². The standard InChI is InChI=1S/C11H17NO4.K.H/c1-4-16-11(15)9(10(13)14)8(6-12)5-7(2)3;;/h7-9H,4-5H2,1-3H3,(H,13,14);;/t8-,9?;;/m1../s1. The molecule has 0 saturated carbocycles. The van der Waals surface area contributed by atoms with E-state index in [1.165, 1.54) is 0 Å². The first-order valence-electron chi connectivity index (χ1n) is 5.23. The van der Waals surface area contributed by atoms with Crippen molar-refractivity contribution in [3.63, 3.8) is 0 Å². The van der Waals surface area contributed by atoms with Crippen LogP contribution in [0.15, 0.2) is 0 Å². The zero-order valence-electron chi connectivity index (χ0n) is 9.77. The van der Waals surface area contributed by atoms with Crippen molar-refractivity contribution in [2.45, 2.75) is 27.2 Å². The van der Waals surface area contributed by atoms with Gasteiger partial charge in [-0.3, -0.25) is 9.59 Å². The van der Waals surface area contributed by atoms with Crippen LogP contribution in [-0.4, -0.2) is 75.0 Å². The quantitative estimate of drug-likeness (QED) is 0.436. The molecule has 0 radical (unpaired) electrons. The summed E-state index contributed by atoms with van der Waals surface area (Å²) < 4.78 is 4.66. The minimum atomic E-state index is -1.38. The van der Waals surface area contributed by atoms with Gasteiger partial charge in [0.15, 0.2) is 5.92 Å². The molecule has 0 aliphatic rings. The van der Waals surface area contributed by atoms with Gasteiger partial charge in [-0.25, -0.2) is 0 Å². The number of carboxylic acid groups (broad SMARTS) is 1. The number of hydrogen-bond donors (Lipinski definition) is 1. The summed E-state index contributed by atoms with van der Waals surface area (Å²) in [7, 11) is 0. The van der Waals surface area contributed by atoms with E-state index in [2.05, 4.69) is 4.74 Å². The molecule has 0 aromatic carbocycles. The summed E-state index contributed by atoms with van der Waals surface area (Å²) in [5.41, 5.74) is 0. The molecule has 0 aliphatic heterocycles. The number of hydrogen-bond acceptors (Lipinski definition) is 4. The minimum absolute atomic E-state index is 0. The van der Waals surface area contributed by atoms with Gasteiger partial charge in [-0.1, -0.05) is 13.8 Å². The predicted molar refractivity (Wildman–Crippen MR) is 63.5 cm³/mol. The van der Waals surface area contributed by atoms with Crippen LogP contribution in [0.5, 0.6) is 0 Å². The van der Waals surface area contributed by atoms with Gasteiger partial charge in [0, 0.05) is 0 Å². The first kappa shape index (κ1) is 19.4. The number of rotatable bonds is 6. The van der Waals surface area contributed by atoms with Gasteiger partial charge in [0.05, 0.1) is 18.6 Å². The van der Waals surface area contributed by atoms with Crippen molar-refractivity contribution in [3.05, 3.63) is 0 Å². The van der Waals surface area contributed by atoms with Gasteiger partial charge in [0.1, 0.15) is 0 Å². The Morgan fingerprint density at radius 1 is 1.41 bits per heavy atom. The SMILES string of the molecule is CCOC(=O)C(C(=O)O)[C@@H](C#N)CC(C)C.[KH]. The summed E-state index contributed by atoms with van der Waals surface area (Å²) in [5, 5.41) is 17.8. The van der Waals surface area contributed by atoms with Gasteiger partial charge in [0.25, 0.3) is 0 Å². The predicted octanol–water partition coefficient (Wildman–Crippen LogP) is 0.788. The first-order valence-corrected chi connectivity index (χ1v) is 5.23. The van der Waals surface area contributed by atoms with Gasteiger partial charge in [-0.05, 0) is 19.3 Å². The molecule has 0 amide bonds. The average Bonchev–Trinajstić information content (AvgIpc) is 2.15. The Hall–Kier alpha value is 0.0664. The number of ether oxygens (including phenoxy) is 1. The molecule has 0 aromatic rings. The fraction of sp³-hybridized carbons (Fsp3) is 0.727. The van der Waals surface area contributed by atoms with Gasteiger partial charge in [-0.15, -0.1) is 0 Å². The average molecular weight is 267 g/mol. The fourth-order valence-corrected chi connectivity index (χ4v) is 1.44. The molecule has 6 heteroatoms. The molecular formula is C11H18KNO4. The van der Waals surface area contributed by atoms with E-state index >= 15 is 0 Å². The molecule has 0 bridgehead atoms. The Balaban J connectivity index is 0. The van der Waals surface area contributed by atoms with Crippen molar-refractivity contribution in [3.8, 4) is 6.07 Å². The maximum atomic E-state index is 11.4. The third-order valence-electron chi connectivity index (χ3n) is 2.10. The monoisotopic (exact) mass is 267 g/mol. The Morgan fingerprint density at radius 3 is 2.24 bits per heavy atom. The number of nitriles is 1. The van der Waals surface area contributed by atoms with Gasteiger partial charge in [0.2, 0.25) is 0 Å². The first-order chi connectivity index (χ1) is 7.43. The van der Waals surface area contributed by atoms with Crippen LogP contribution < -0.4 is 0 Å². The van der Waals surface area contributed by atoms with Gasteiger partial charge in [-0.2, -0.15) is 5.26 Å². The van der Waals surface area contributed by atoms with Crippen LogP contribution in [0, 0.1) is 29.1 Å². The summed E-state index contributed by atoms with van der Waals surface area (Å²) in [4.78, 5) is 22.4. The summed E-state index contributed by atoms with van der Waals surface area (Å²) >= 11 is 0. The molecule has 0 saturated heterocycles. The zero-order chi connectivity index (χ0) is 12.7. The van der Waals surface area contributed by atoms with Crippen LogP contribution in [-0.2, 0) is 14.3 Å². The Bertz CT molecular complexity index is 298. The molecule has 1 N–H and O–H groups in total. The number of esters is 1. The van der Waals surface area contributed by atoms with Crippen LogP contribution in [0.2, 0.25) is 0 Å². The molecule has 2 atom stereocenters. The molecule has 0 heterocycles. The van der Waals surface area contributed by atoms with E-state index in [4.69, 9.17) is 10.4 Å². The van der Waals surface area contributed by atoms with E-state index < -0.39 is 23.8 Å². The molecule has 17 heavy (non-hydrogen) atoms. The van der Waals surface area contributed by atoms with Gasteiger partial charge < -0.3 is 9.84 Å². The second-order valence-corrected chi connectivity index (χ2v) is 3.93. The summed E-state index contributed by atoms with van der Waals surface area (Å²) in [6.45, 7) is 5.45. The van der Waals surface area contributed by atoms with E-state index in [0.717, 1.165) is 0 Å². The second-order valence-electron chi connectivity index (χ2n) is 3.93. The van der Waals surface area contributed by atoms with Crippen LogP contribution in [0.4, 0.5) is 0 Å². The summed E-state index contributed by atoms with van der Waals surface area (Å²) in [6, 6.07) is 1.87. The second kappa shape index (κ2) is 10.0. The zero-order valence-corrected chi connectivity index (χ0v) is 9.77. The molecule has 5 nitrogen and oxygen atoms in total. The number of carbonyl (C=O) groups is 2. The van der Waals surface area contributed by atoms with Crippen molar-refractivity contribution in [1.82, 2.24) is 0 Å². The van der Waals surface area contributed by atoms with Crippen LogP contribution in [0.25, 0.3) is 0 Å². The van der Waals surface area contributed by atoms with Crippen molar-refractivity contribution < 1.29 is 19.4 Å². The Kier molecular flexibility index (Phi) is 11.5. The maximum absolute atomic E-state index is 11.4. The molecule has 1 unspecified atom stereocenters. The summed E-state index contributed by atoms with van der Waals surface area (Å²) in [5.74, 6) is -4.20. The van der Waals surface area contributed by atoms with E-state index in [9.17, 15) is 9.59 Å². The van der Waals surface area contributed by atoms with Gasteiger partial charge >= 0.3 is 63.3 Å². The number of nitrogens with zero attached hydrogens (tertiary/aromatic N) is 1. The fourth-order valence-electron chi connectivity index (χ4n) is 1.44. The van der Waals surface area contributed by atoms with Crippen LogP contribution in [0.1, 0.15) is 27.2 Å². The summed E-state index contributed by atoms with van der Waals surface area (Å²) in [6.07, 6.45) is 0.367.